The number of ether oxygens (including phenoxy) is 3. The predicted octanol–water partition coefficient (Wildman–Crippen LogP) is 2.40. The second-order valence-corrected chi connectivity index (χ2v) is 6.27. The number of carbonyl (C=O) groups is 2. The maximum atomic E-state index is 12.4. The second-order valence-electron chi connectivity index (χ2n) is 6.27. The summed E-state index contributed by atoms with van der Waals surface area (Å²) in [5.74, 6) is -0.317. The number of hydrogen-bond donors (Lipinski definition) is 1. The van der Waals surface area contributed by atoms with Crippen molar-refractivity contribution in [2.75, 3.05) is 20.3 Å². The average Bonchev–Trinajstić information content (AvgIpc) is 2.51. The van der Waals surface area contributed by atoms with Crippen molar-refractivity contribution in [3.63, 3.8) is 0 Å². The number of nitrogens with one attached hydrogen (secondary N) is 1. The summed E-state index contributed by atoms with van der Waals surface area (Å²) >= 11 is 0. The van der Waals surface area contributed by atoms with Gasteiger partial charge in [0.15, 0.2) is 0 Å². The normalized spacial score (nSPS) is 24.2. The van der Waals surface area contributed by atoms with Gasteiger partial charge < -0.3 is 19.5 Å². The second kappa shape index (κ2) is 7.81. The molecule has 1 spiro atoms. The molecule has 126 valence electrons. The van der Waals surface area contributed by atoms with Crippen molar-refractivity contribution in [2.45, 2.75) is 63.5 Å². The zero-order valence-corrected chi connectivity index (χ0v) is 13.6. The summed E-state index contributed by atoms with van der Waals surface area (Å²) in [6.45, 7) is 3.06. The molecule has 0 radical (unpaired) electrons. The van der Waals surface area contributed by atoms with Gasteiger partial charge in [0.1, 0.15) is 6.04 Å². The summed E-state index contributed by atoms with van der Waals surface area (Å²) in [6.07, 6.45) is 5.99. The van der Waals surface area contributed by atoms with Crippen LogP contribution in [-0.2, 0) is 19.0 Å². The van der Waals surface area contributed by atoms with Gasteiger partial charge in [0.25, 0.3) is 0 Å². The van der Waals surface area contributed by atoms with Crippen molar-refractivity contribution in [3.05, 3.63) is 0 Å². The van der Waals surface area contributed by atoms with Crippen LogP contribution in [0.4, 0.5) is 4.79 Å². The molecule has 1 aliphatic heterocycles. The molecule has 2 fully saturated rings. The van der Waals surface area contributed by atoms with Gasteiger partial charge in [0.05, 0.1) is 19.3 Å². The Balaban J connectivity index is 1.99. The van der Waals surface area contributed by atoms with Crippen LogP contribution in [0.1, 0.15) is 51.9 Å². The first-order valence-corrected chi connectivity index (χ1v) is 8.25. The van der Waals surface area contributed by atoms with Crippen LogP contribution in [0.5, 0.6) is 0 Å². The third kappa shape index (κ3) is 4.12. The van der Waals surface area contributed by atoms with Gasteiger partial charge in [-0.05, 0) is 44.4 Å². The van der Waals surface area contributed by atoms with Crippen LogP contribution in [0, 0.1) is 5.92 Å². The summed E-state index contributed by atoms with van der Waals surface area (Å²) in [5, 5.41) is 2.66. The molecule has 2 rings (SSSR count). The van der Waals surface area contributed by atoms with Crippen molar-refractivity contribution >= 4 is 12.1 Å². The van der Waals surface area contributed by atoms with E-state index in [0.717, 1.165) is 38.5 Å². The highest BCUT2D eigenvalue weighted by molar-refractivity contribution is 5.81. The Kier molecular flexibility index (Phi) is 6.06. The summed E-state index contributed by atoms with van der Waals surface area (Å²) < 4.78 is 15.9. The highest BCUT2D eigenvalue weighted by atomic mass is 16.5. The number of carbonyl (C=O) groups excluding carboxylic acids is 2. The molecule has 2 unspecified atom stereocenters. The lowest BCUT2D eigenvalue weighted by molar-refractivity contribution is -0.161. The summed E-state index contributed by atoms with van der Waals surface area (Å²) in [7, 11) is 1.30. The highest BCUT2D eigenvalue weighted by Crippen LogP contribution is 2.45. The first kappa shape index (κ1) is 17.1. The molecule has 0 aromatic heterocycles. The fraction of sp³-hybridized carbons (Fsp3) is 0.875. The Morgan fingerprint density at radius 1 is 1.41 bits per heavy atom. The first-order chi connectivity index (χ1) is 10.6. The van der Waals surface area contributed by atoms with E-state index < -0.39 is 12.1 Å². The smallest absolute Gasteiger partial charge is 0.407 e. The van der Waals surface area contributed by atoms with E-state index in [-0.39, 0.29) is 17.5 Å². The molecule has 1 heterocycles. The van der Waals surface area contributed by atoms with Gasteiger partial charge in [0, 0.05) is 6.61 Å². The maximum Gasteiger partial charge on any atom is 0.407 e. The lowest BCUT2D eigenvalue weighted by Gasteiger charge is -2.48. The maximum absolute atomic E-state index is 12.4. The zero-order chi connectivity index (χ0) is 16.0. The topological polar surface area (TPSA) is 73.9 Å². The van der Waals surface area contributed by atoms with E-state index in [1.807, 2.05) is 6.92 Å². The first-order valence-electron chi connectivity index (χ1n) is 8.25. The lowest BCUT2D eigenvalue weighted by atomic mass is 9.70. The van der Waals surface area contributed by atoms with Gasteiger partial charge in [-0.25, -0.2) is 9.59 Å². The predicted molar refractivity (Wildman–Crippen MR) is 80.5 cm³/mol. The minimum Gasteiger partial charge on any atom is -0.464 e. The monoisotopic (exact) mass is 313 g/mol. The Morgan fingerprint density at radius 3 is 2.77 bits per heavy atom. The molecule has 2 aliphatic rings. The van der Waals surface area contributed by atoms with E-state index >= 15 is 0 Å². The number of hydrogen-bond acceptors (Lipinski definition) is 5. The fourth-order valence-electron chi connectivity index (χ4n) is 3.23. The van der Waals surface area contributed by atoms with Crippen molar-refractivity contribution < 1.29 is 23.8 Å². The number of rotatable bonds is 6. The van der Waals surface area contributed by atoms with Crippen LogP contribution in [0.15, 0.2) is 0 Å². The number of amides is 1. The Morgan fingerprint density at radius 2 is 2.18 bits per heavy atom. The third-order valence-corrected chi connectivity index (χ3v) is 4.72. The molecular formula is C16H27NO5. The highest BCUT2D eigenvalue weighted by Gasteiger charge is 2.46. The molecule has 1 aliphatic carbocycles. The molecule has 0 aromatic rings. The van der Waals surface area contributed by atoms with E-state index in [0.29, 0.717) is 13.2 Å². The summed E-state index contributed by atoms with van der Waals surface area (Å²) in [5.41, 5.74) is -0.0807. The van der Waals surface area contributed by atoms with Gasteiger partial charge >= 0.3 is 12.1 Å². The molecule has 22 heavy (non-hydrogen) atoms. The van der Waals surface area contributed by atoms with E-state index in [2.05, 4.69) is 10.1 Å². The van der Waals surface area contributed by atoms with Gasteiger partial charge in [-0.2, -0.15) is 0 Å². The standard InChI is InChI=1S/C16H27NO5/c1-3-4-9-21-14(18)13(17-15(19)20-2)12-6-10-22-16(11-12)7-5-8-16/h12-13H,3-11H2,1-2H3,(H,17,19). The quantitative estimate of drug-likeness (QED) is 0.602. The molecule has 0 aromatic carbocycles. The summed E-state index contributed by atoms with van der Waals surface area (Å²) in [4.78, 5) is 23.9. The van der Waals surface area contributed by atoms with Crippen LogP contribution in [0.25, 0.3) is 0 Å². The molecular weight excluding hydrogens is 286 g/mol. The van der Waals surface area contributed by atoms with Crippen LogP contribution in [0.3, 0.4) is 0 Å². The van der Waals surface area contributed by atoms with Gasteiger partial charge in [0.2, 0.25) is 0 Å². The van der Waals surface area contributed by atoms with Gasteiger partial charge in [-0.15, -0.1) is 0 Å². The van der Waals surface area contributed by atoms with Gasteiger partial charge in [-0.1, -0.05) is 13.3 Å². The van der Waals surface area contributed by atoms with E-state index in [4.69, 9.17) is 9.47 Å². The molecule has 1 N–H and O–H groups in total. The molecule has 2 atom stereocenters. The molecule has 6 heteroatoms. The van der Waals surface area contributed by atoms with Gasteiger partial charge in [-0.3, -0.25) is 0 Å². The minimum atomic E-state index is -0.648. The zero-order valence-electron chi connectivity index (χ0n) is 13.6. The van der Waals surface area contributed by atoms with Crippen molar-refractivity contribution in [2.24, 2.45) is 5.92 Å². The Labute approximate surface area is 131 Å². The van der Waals surface area contributed by atoms with Crippen LogP contribution < -0.4 is 5.32 Å². The van der Waals surface area contributed by atoms with Crippen LogP contribution in [-0.4, -0.2) is 44.0 Å². The molecule has 0 bridgehead atoms. The molecule has 1 saturated carbocycles. The lowest BCUT2D eigenvalue weighted by Crippen LogP contribution is -2.54. The molecule has 1 saturated heterocycles. The fourth-order valence-corrected chi connectivity index (χ4v) is 3.23. The number of esters is 1. The average molecular weight is 313 g/mol. The largest absolute Gasteiger partial charge is 0.464 e. The summed E-state index contributed by atoms with van der Waals surface area (Å²) in [6, 6.07) is -0.648. The van der Waals surface area contributed by atoms with E-state index in [1.165, 1.54) is 13.5 Å². The number of alkyl carbamates (subject to hydrolysis) is 1. The van der Waals surface area contributed by atoms with E-state index in [1.54, 1.807) is 0 Å². The molecule has 1 amide bonds. The van der Waals surface area contributed by atoms with E-state index in [9.17, 15) is 9.59 Å². The Hall–Kier alpha value is -1.30. The van der Waals surface area contributed by atoms with Crippen LogP contribution in [0.2, 0.25) is 0 Å². The third-order valence-electron chi connectivity index (χ3n) is 4.72. The molecule has 6 nitrogen and oxygen atoms in total. The minimum absolute atomic E-state index is 0.0438. The number of unbranched alkanes of at least 4 members (excludes halogenated alkanes) is 1. The Bertz CT molecular complexity index is 394. The van der Waals surface area contributed by atoms with Crippen LogP contribution >= 0.6 is 0 Å². The van der Waals surface area contributed by atoms with Crippen molar-refractivity contribution in [3.8, 4) is 0 Å². The SMILES string of the molecule is CCCCOC(=O)C(NC(=O)OC)C1CCOC2(CCC2)C1. The number of methoxy groups -OCH3 is 1. The van der Waals surface area contributed by atoms with Crippen molar-refractivity contribution in [1.29, 1.82) is 0 Å². The van der Waals surface area contributed by atoms with Crippen molar-refractivity contribution in [1.82, 2.24) is 5.32 Å².